The summed E-state index contributed by atoms with van der Waals surface area (Å²) >= 11 is 1.49. The van der Waals surface area contributed by atoms with Crippen molar-refractivity contribution in [3.63, 3.8) is 0 Å². The van der Waals surface area contributed by atoms with E-state index in [-0.39, 0.29) is 22.6 Å². The van der Waals surface area contributed by atoms with E-state index in [4.69, 9.17) is 5.11 Å². The number of nitrogens with zero attached hydrogens (tertiary/aromatic N) is 1. The van der Waals surface area contributed by atoms with Crippen molar-refractivity contribution in [1.29, 1.82) is 0 Å². The highest BCUT2D eigenvalue weighted by molar-refractivity contribution is 8.06. The van der Waals surface area contributed by atoms with Gasteiger partial charge in [-0.15, -0.1) is 0 Å². The Morgan fingerprint density at radius 3 is 1.94 bits per heavy atom. The van der Waals surface area contributed by atoms with Crippen molar-refractivity contribution in [2.75, 3.05) is 18.1 Å². The molecule has 17 heavy (non-hydrogen) atoms. The van der Waals surface area contributed by atoms with E-state index in [2.05, 4.69) is 0 Å². The Morgan fingerprint density at radius 1 is 0.941 bits per heavy atom. The molecule has 1 N–H and O–H groups in total. The molecule has 0 saturated carbocycles. The van der Waals surface area contributed by atoms with Crippen LogP contribution in [0.3, 0.4) is 0 Å². The van der Waals surface area contributed by atoms with Gasteiger partial charge in [-0.3, -0.25) is 9.59 Å². The Hall–Kier alpha value is -0.190. The Kier molecular flexibility index (Phi) is 3.13. The highest BCUT2D eigenvalue weighted by atomic mass is 32.9. The summed E-state index contributed by atoms with van der Waals surface area (Å²) in [5, 5.41) is 9.09. The third-order valence-corrected chi connectivity index (χ3v) is 8.55. The molecule has 0 saturated heterocycles. The van der Waals surface area contributed by atoms with Gasteiger partial charge in [-0.1, -0.05) is 32.4 Å². The second kappa shape index (κ2) is 4.48. The lowest BCUT2D eigenvalue weighted by Gasteiger charge is -2.25. The normalized spacial score (nSPS) is 13.6. The number of aliphatic hydroxyl groups is 1. The third-order valence-electron chi connectivity index (χ3n) is 2.21. The molecule has 0 aromatic carbocycles. The van der Waals surface area contributed by atoms with Crippen LogP contribution in [-0.4, -0.2) is 18.3 Å². The molecule has 3 rings (SSSR count). The first-order valence-corrected chi connectivity index (χ1v) is 9.66. The largest absolute Gasteiger partial charge is 0.395 e. The van der Waals surface area contributed by atoms with Gasteiger partial charge >= 0.3 is 0 Å². The highest BCUT2D eigenvalue weighted by Gasteiger charge is 2.31. The lowest BCUT2D eigenvalue weighted by atomic mass is 10.4. The van der Waals surface area contributed by atoms with Crippen molar-refractivity contribution in [3.05, 3.63) is 19.1 Å². The highest BCUT2D eigenvalue weighted by Crippen LogP contribution is 2.51. The fourth-order valence-electron chi connectivity index (χ4n) is 1.57. The monoisotopic (exact) mass is 323 g/mol. The van der Waals surface area contributed by atoms with Gasteiger partial charge < -0.3 is 10.0 Å². The number of rotatable bonds is 2. The first-order chi connectivity index (χ1) is 8.22. The molecule has 9 heteroatoms. The second-order valence-corrected chi connectivity index (χ2v) is 8.92. The molecule has 0 fully saturated rings. The first kappa shape index (κ1) is 11.9. The molecule has 0 aliphatic carbocycles. The Balaban J connectivity index is 2.24. The molecule has 2 aromatic rings. The molecule has 2 aromatic heterocycles. The fourth-order valence-corrected chi connectivity index (χ4v) is 8.05. The minimum Gasteiger partial charge on any atom is -0.395 e. The van der Waals surface area contributed by atoms with Crippen LogP contribution >= 0.6 is 53.1 Å². The molecular weight excluding hydrogens is 318 g/mol. The maximum absolute atomic E-state index is 11.8. The minimum absolute atomic E-state index is 0.0350. The van der Waals surface area contributed by atoms with Crippen molar-refractivity contribution in [2.24, 2.45) is 0 Å². The zero-order valence-corrected chi connectivity index (χ0v) is 12.2. The third kappa shape index (κ3) is 1.81. The Bertz CT molecular complexity index is 611. The smallest absolute Gasteiger partial charge is 0.267 e. The van der Waals surface area contributed by atoms with E-state index in [0.29, 0.717) is 11.4 Å². The summed E-state index contributed by atoms with van der Waals surface area (Å²) in [4.78, 5) is 25.3. The lowest BCUT2D eigenvalue weighted by molar-refractivity contribution is 0.305. The lowest BCUT2D eigenvalue weighted by Crippen LogP contribution is -2.29. The SMILES string of the molecule is O=c1ssc2c1N(CCO)c1c(ssc1=O)S2. The molecule has 0 amide bonds. The van der Waals surface area contributed by atoms with Crippen LogP contribution in [0.25, 0.3) is 0 Å². The summed E-state index contributed by atoms with van der Waals surface area (Å²) in [6, 6.07) is 0. The van der Waals surface area contributed by atoms with Crippen LogP contribution in [0.2, 0.25) is 0 Å². The number of aliphatic hydroxyl groups excluding tert-OH is 1. The van der Waals surface area contributed by atoms with Crippen LogP contribution in [0.4, 0.5) is 11.4 Å². The summed E-state index contributed by atoms with van der Waals surface area (Å²) in [5.74, 6) is 0. The summed E-state index contributed by atoms with van der Waals surface area (Å²) in [6.07, 6.45) is 0. The summed E-state index contributed by atoms with van der Waals surface area (Å²) < 4.78 is 1.78. The molecule has 0 atom stereocenters. The predicted molar refractivity (Wildman–Crippen MR) is 75.1 cm³/mol. The first-order valence-electron chi connectivity index (χ1n) is 4.55. The Morgan fingerprint density at radius 2 is 1.47 bits per heavy atom. The summed E-state index contributed by atoms with van der Waals surface area (Å²) in [5.41, 5.74) is 1.13. The van der Waals surface area contributed by atoms with Crippen molar-refractivity contribution in [1.82, 2.24) is 0 Å². The molecule has 0 unspecified atom stereocenters. The van der Waals surface area contributed by atoms with E-state index >= 15 is 0 Å². The summed E-state index contributed by atoms with van der Waals surface area (Å²) in [6.45, 7) is 0.210. The van der Waals surface area contributed by atoms with E-state index in [1.165, 1.54) is 53.1 Å². The van der Waals surface area contributed by atoms with Crippen LogP contribution in [0.15, 0.2) is 18.0 Å². The van der Waals surface area contributed by atoms with E-state index < -0.39 is 0 Å². The summed E-state index contributed by atoms with van der Waals surface area (Å²) in [7, 11) is 5.22. The maximum atomic E-state index is 11.8. The predicted octanol–water partition coefficient (Wildman–Crippen LogP) is 2.25. The fraction of sp³-hybridized carbons (Fsp3) is 0.250. The molecule has 0 radical (unpaired) electrons. The van der Waals surface area contributed by atoms with Gasteiger partial charge in [-0.25, -0.2) is 0 Å². The van der Waals surface area contributed by atoms with Gasteiger partial charge in [0.15, 0.2) is 0 Å². The van der Waals surface area contributed by atoms with E-state index in [1.54, 1.807) is 4.90 Å². The average Bonchev–Trinajstić information content (AvgIpc) is 2.85. The molecule has 1 aliphatic rings. The number of hydrogen-bond donors (Lipinski definition) is 1. The van der Waals surface area contributed by atoms with E-state index in [0.717, 1.165) is 8.42 Å². The Labute approximate surface area is 115 Å². The molecule has 1 aliphatic heterocycles. The quantitative estimate of drug-likeness (QED) is 0.859. The van der Waals surface area contributed by atoms with Gasteiger partial charge in [0.2, 0.25) is 0 Å². The van der Waals surface area contributed by atoms with Crippen LogP contribution < -0.4 is 14.4 Å². The maximum Gasteiger partial charge on any atom is 0.267 e. The van der Waals surface area contributed by atoms with Crippen LogP contribution in [0.1, 0.15) is 0 Å². The van der Waals surface area contributed by atoms with Gasteiger partial charge in [0.1, 0.15) is 19.8 Å². The number of anilines is 2. The van der Waals surface area contributed by atoms with E-state index in [9.17, 15) is 9.59 Å². The van der Waals surface area contributed by atoms with Crippen molar-refractivity contribution in [2.45, 2.75) is 8.42 Å². The number of hydrogen-bond acceptors (Lipinski definition) is 9. The average molecular weight is 323 g/mol. The van der Waals surface area contributed by atoms with Gasteiger partial charge in [-0.05, 0) is 20.7 Å². The zero-order chi connectivity index (χ0) is 12.0. The second-order valence-electron chi connectivity index (χ2n) is 3.16. The van der Waals surface area contributed by atoms with Gasteiger partial charge in [0, 0.05) is 6.54 Å². The zero-order valence-electron chi connectivity index (χ0n) is 8.17. The topological polar surface area (TPSA) is 57.6 Å². The minimum atomic E-state index is -0.0799. The molecule has 0 spiro atoms. The van der Waals surface area contributed by atoms with Gasteiger partial charge in [0.05, 0.1) is 6.61 Å². The van der Waals surface area contributed by atoms with E-state index in [1.807, 2.05) is 0 Å². The van der Waals surface area contributed by atoms with Gasteiger partial charge in [0.25, 0.3) is 9.48 Å². The van der Waals surface area contributed by atoms with Crippen LogP contribution in [0, 0.1) is 0 Å². The number of fused-ring (bicyclic) bond motifs is 2. The molecular formula is C8H5NO3S5. The van der Waals surface area contributed by atoms with Crippen molar-refractivity contribution < 1.29 is 5.11 Å². The molecule has 0 bridgehead atoms. The van der Waals surface area contributed by atoms with Crippen LogP contribution in [0.5, 0.6) is 0 Å². The van der Waals surface area contributed by atoms with Crippen LogP contribution in [-0.2, 0) is 0 Å². The molecule has 90 valence electrons. The van der Waals surface area contributed by atoms with Crippen molar-refractivity contribution in [3.8, 4) is 0 Å². The molecule has 3 heterocycles. The van der Waals surface area contributed by atoms with Gasteiger partial charge in [-0.2, -0.15) is 0 Å². The standard InChI is InChI=1S/C8H5NO3S5/c10-2-1-9-3-5(11)14-16-7(3)13-8-4(9)6(12)15-17-8/h10H,1-2H2. The number of β-amino-alcohol motifs (C(OH)–C–C–N with tert-alkyl or cyclic N) is 1. The van der Waals surface area contributed by atoms with Crippen molar-refractivity contribution >= 4 is 64.5 Å². The molecule has 4 nitrogen and oxygen atoms in total.